The van der Waals surface area contributed by atoms with Gasteiger partial charge in [0.15, 0.2) is 0 Å². The van der Waals surface area contributed by atoms with E-state index in [-0.39, 0.29) is 0 Å². The first-order valence-corrected chi connectivity index (χ1v) is 9.21. The number of H-pyrrole nitrogens is 1. The zero-order valence-electron chi connectivity index (χ0n) is 13.7. The molecule has 0 unspecified atom stereocenters. The van der Waals surface area contributed by atoms with Crippen molar-refractivity contribution >= 4 is 47.0 Å². The fourth-order valence-electron chi connectivity index (χ4n) is 2.34. The van der Waals surface area contributed by atoms with Crippen molar-refractivity contribution in [3.63, 3.8) is 0 Å². The van der Waals surface area contributed by atoms with Crippen LogP contribution >= 0.6 is 47.0 Å². The number of aromatic amines is 1. The molecule has 0 spiro atoms. The highest BCUT2D eigenvalue weighted by Gasteiger charge is 2.08. The molecule has 1 heterocycles. The lowest BCUT2D eigenvalue weighted by Crippen LogP contribution is -2.16. The van der Waals surface area contributed by atoms with E-state index in [1.807, 2.05) is 25.1 Å². The molecule has 2 aromatic carbocycles. The van der Waals surface area contributed by atoms with Crippen LogP contribution in [0.2, 0.25) is 15.1 Å². The van der Waals surface area contributed by atoms with Crippen molar-refractivity contribution in [3.8, 4) is 5.75 Å². The molecule has 26 heavy (non-hydrogen) atoms. The van der Waals surface area contributed by atoms with Gasteiger partial charge in [0, 0.05) is 10.6 Å². The van der Waals surface area contributed by atoms with Gasteiger partial charge in [0.2, 0.25) is 4.77 Å². The number of aryl methyl sites for hydroxylation is 1. The van der Waals surface area contributed by atoms with Crippen molar-refractivity contribution in [2.75, 3.05) is 5.43 Å². The number of ether oxygens (including phenoxy) is 1. The van der Waals surface area contributed by atoms with Gasteiger partial charge >= 0.3 is 0 Å². The van der Waals surface area contributed by atoms with E-state index in [1.165, 1.54) is 0 Å². The molecular formula is C17H15Cl3N4OS. The summed E-state index contributed by atoms with van der Waals surface area (Å²) in [6, 6.07) is 10.9. The third-order valence-corrected chi connectivity index (χ3v) is 4.92. The Bertz CT molecular complexity index is 986. The largest absolute Gasteiger partial charge is 0.489 e. The van der Waals surface area contributed by atoms with Gasteiger partial charge in [-0.3, -0.25) is 5.10 Å². The Labute approximate surface area is 170 Å². The molecule has 3 aromatic rings. The zero-order chi connectivity index (χ0) is 18.7. The molecule has 0 aliphatic carbocycles. The highest BCUT2D eigenvalue weighted by molar-refractivity contribution is 7.71. The second kappa shape index (κ2) is 8.31. The summed E-state index contributed by atoms with van der Waals surface area (Å²) in [7, 11) is 0. The monoisotopic (exact) mass is 428 g/mol. The van der Waals surface area contributed by atoms with Crippen molar-refractivity contribution in [2.45, 2.75) is 20.1 Å². The molecule has 9 heteroatoms. The Balaban J connectivity index is 1.75. The smallest absolute Gasteiger partial charge is 0.214 e. The lowest BCUT2D eigenvalue weighted by molar-refractivity contribution is 0.303. The maximum absolute atomic E-state index is 6.13. The molecule has 0 fully saturated rings. The topological polar surface area (TPSA) is 54.9 Å². The second-order valence-corrected chi connectivity index (χ2v) is 7.17. The molecule has 2 N–H and O–H groups in total. The molecule has 0 radical (unpaired) electrons. The minimum Gasteiger partial charge on any atom is -0.489 e. The van der Waals surface area contributed by atoms with E-state index in [9.17, 15) is 0 Å². The van der Waals surface area contributed by atoms with Gasteiger partial charge in [-0.25, -0.2) is 4.68 Å². The quantitative estimate of drug-likeness (QED) is 0.506. The fraction of sp³-hybridized carbons (Fsp3) is 0.176. The molecule has 0 bridgehead atoms. The molecule has 0 saturated carbocycles. The van der Waals surface area contributed by atoms with E-state index in [4.69, 9.17) is 51.8 Å². The summed E-state index contributed by atoms with van der Waals surface area (Å²) in [5, 5.41) is 8.42. The maximum Gasteiger partial charge on any atom is 0.214 e. The number of aromatic nitrogens is 3. The van der Waals surface area contributed by atoms with Crippen LogP contribution in [0.15, 0.2) is 36.4 Å². The van der Waals surface area contributed by atoms with E-state index in [0.717, 1.165) is 17.0 Å². The van der Waals surface area contributed by atoms with Gasteiger partial charge in [-0.1, -0.05) is 40.9 Å². The highest BCUT2D eigenvalue weighted by atomic mass is 35.5. The normalized spacial score (nSPS) is 10.8. The lowest BCUT2D eigenvalue weighted by Gasteiger charge is -2.14. The van der Waals surface area contributed by atoms with Crippen LogP contribution in [0, 0.1) is 11.7 Å². The average molecular weight is 430 g/mol. The molecule has 3 rings (SSSR count). The van der Waals surface area contributed by atoms with Crippen molar-refractivity contribution in [1.29, 1.82) is 0 Å². The third-order valence-electron chi connectivity index (χ3n) is 3.67. The first-order valence-electron chi connectivity index (χ1n) is 7.67. The Kier molecular flexibility index (Phi) is 6.09. The molecule has 0 amide bonds. The van der Waals surface area contributed by atoms with Gasteiger partial charge in [-0.05, 0) is 55.0 Å². The summed E-state index contributed by atoms with van der Waals surface area (Å²) in [6.45, 7) is 2.67. The van der Waals surface area contributed by atoms with Crippen LogP contribution in [-0.4, -0.2) is 14.9 Å². The predicted molar refractivity (Wildman–Crippen MR) is 107 cm³/mol. The molecule has 0 saturated heterocycles. The molecule has 0 atom stereocenters. The SMILES string of the molecule is Cc1n[nH]c(=S)n1NCc1cc(Cl)ccc1OCc1ccc(Cl)c(Cl)c1. The van der Waals surface area contributed by atoms with E-state index < -0.39 is 0 Å². The first kappa shape index (κ1) is 19.0. The van der Waals surface area contributed by atoms with Crippen LogP contribution in [0.3, 0.4) is 0 Å². The van der Waals surface area contributed by atoms with Gasteiger partial charge in [0.05, 0.1) is 16.6 Å². The Morgan fingerprint density at radius 1 is 1.15 bits per heavy atom. The maximum atomic E-state index is 6.13. The average Bonchev–Trinajstić information content (AvgIpc) is 2.93. The third kappa shape index (κ3) is 4.51. The van der Waals surface area contributed by atoms with Gasteiger partial charge in [0.25, 0.3) is 0 Å². The van der Waals surface area contributed by atoms with Crippen molar-refractivity contribution in [1.82, 2.24) is 14.9 Å². The summed E-state index contributed by atoms with van der Waals surface area (Å²) in [6.07, 6.45) is 0. The molecule has 0 aliphatic rings. The van der Waals surface area contributed by atoms with Crippen LogP contribution in [0.25, 0.3) is 0 Å². The van der Waals surface area contributed by atoms with Crippen LogP contribution in [0.5, 0.6) is 5.75 Å². The number of rotatable bonds is 6. The number of halogens is 3. The number of benzene rings is 2. The number of hydrogen-bond donors (Lipinski definition) is 2. The highest BCUT2D eigenvalue weighted by Crippen LogP contribution is 2.26. The Morgan fingerprint density at radius 3 is 2.65 bits per heavy atom. The van der Waals surface area contributed by atoms with Gasteiger partial charge in [-0.15, -0.1) is 0 Å². The van der Waals surface area contributed by atoms with E-state index in [2.05, 4.69) is 15.6 Å². The van der Waals surface area contributed by atoms with Gasteiger partial charge in [0.1, 0.15) is 18.2 Å². The van der Waals surface area contributed by atoms with Crippen molar-refractivity contribution in [2.24, 2.45) is 0 Å². The predicted octanol–water partition coefficient (Wildman–Crippen LogP) is 5.53. The number of nitrogens with one attached hydrogen (secondary N) is 2. The first-order chi connectivity index (χ1) is 12.4. The summed E-state index contributed by atoms with van der Waals surface area (Å²) in [5.74, 6) is 1.44. The Morgan fingerprint density at radius 2 is 1.96 bits per heavy atom. The minimum absolute atomic E-state index is 0.357. The van der Waals surface area contributed by atoms with Crippen LogP contribution in [-0.2, 0) is 13.2 Å². The summed E-state index contributed by atoms with van der Waals surface area (Å²) in [5.41, 5.74) is 5.01. The van der Waals surface area contributed by atoms with Crippen LogP contribution in [0.1, 0.15) is 17.0 Å². The van der Waals surface area contributed by atoms with Crippen molar-refractivity contribution < 1.29 is 4.74 Å². The van der Waals surface area contributed by atoms with E-state index in [1.54, 1.807) is 22.9 Å². The van der Waals surface area contributed by atoms with Crippen molar-refractivity contribution in [3.05, 3.63) is 73.2 Å². The summed E-state index contributed by atoms with van der Waals surface area (Å²) >= 11 is 23.3. The molecule has 0 aliphatic heterocycles. The zero-order valence-corrected chi connectivity index (χ0v) is 16.8. The molecular weight excluding hydrogens is 415 g/mol. The van der Waals surface area contributed by atoms with Gasteiger partial charge in [-0.2, -0.15) is 5.10 Å². The fourth-order valence-corrected chi connectivity index (χ4v) is 3.10. The van der Waals surface area contributed by atoms with E-state index in [0.29, 0.717) is 38.7 Å². The minimum atomic E-state index is 0.357. The number of nitrogens with zero attached hydrogens (tertiary/aromatic N) is 2. The summed E-state index contributed by atoms with van der Waals surface area (Å²) < 4.78 is 8.13. The van der Waals surface area contributed by atoms with Crippen LogP contribution < -0.4 is 10.2 Å². The second-order valence-electron chi connectivity index (χ2n) is 5.54. The van der Waals surface area contributed by atoms with Gasteiger partial charge < -0.3 is 10.2 Å². The van der Waals surface area contributed by atoms with E-state index >= 15 is 0 Å². The standard InChI is InChI=1S/C17H15Cl3N4OS/c1-10-22-23-17(26)24(10)21-8-12-7-13(18)3-5-16(12)25-9-11-2-4-14(19)15(20)6-11/h2-7,21H,8-9H2,1H3,(H,23,26). The van der Waals surface area contributed by atoms with Crippen LogP contribution in [0.4, 0.5) is 0 Å². The lowest BCUT2D eigenvalue weighted by atomic mass is 10.2. The Hall–Kier alpha value is -1.73. The molecule has 1 aromatic heterocycles. The summed E-state index contributed by atoms with van der Waals surface area (Å²) in [4.78, 5) is 0. The molecule has 5 nitrogen and oxygen atoms in total. The molecule has 136 valence electrons. The number of hydrogen-bond acceptors (Lipinski definition) is 4.